The summed E-state index contributed by atoms with van der Waals surface area (Å²) in [6.07, 6.45) is 5.97. The molecule has 0 aliphatic heterocycles. The molecule has 2 aromatic heterocycles. The predicted molar refractivity (Wildman–Crippen MR) is 79.1 cm³/mol. The van der Waals surface area contributed by atoms with Crippen LogP contribution in [0.1, 0.15) is 43.5 Å². The summed E-state index contributed by atoms with van der Waals surface area (Å²) in [5.74, 6) is 0.147. The number of ketones is 1. The Kier molecular flexibility index (Phi) is 3.35. The van der Waals surface area contributed by atoms with Gasteiger partial charge in [-0.05, 0) is 25.8 Å². The third kappa shape index (κ3) is 2.07. The molecule has 5 heteroatoms. The topological polar surface area (TPSA) is 64.8 Å². The SMILES string of the molecule is Cc1nn(C)c2cnc(C3(CC=O)CCCCC3=O)cc12. The maximum absolute atomic E-state index is 12.5. The van der Waals surface area contributed by atoms with Gasteiger partial charge in [-0.2, -0.15) is 5.10 Å². The van der Waals surface area contributed by atoms with Gasteiger partial charge >= 0.3 is 0 Å². The van der Waals surface area contributed by atoms with Crippen molar-refractivity contribution in [3.05, 3.63) is 23.7 Å². The Morgan fingerprint density at radius 1 is 1.43 bits per heavy atom. The number of Topliss-reactive ketones (excluding diaryl/α,β-unsaturated/α-hetero) is 1. The second kappa shape index (κ2) is 5.06. The molecule has 0 spiro atoms. The van der Waals surface area contributed by atoms with E-state index in [0.29, 0.717) is 12.8 Å². The van der Waals surface area contributed by atoms with Gasteiger partial charge in [-0.25, -0.2) is 0 Å². The van der Waals surface area contributed by atoms with Crippen molar-refractivity contribution in [2.75, 3.05) is 0 Å². The zero-order chi connectivity index (χ0) is 15.0. The van der Waals surface area contributed by atoms with Gasteiger partial charge in [0.25, 0.3) is 0 Å². The lowest BCUT2D eigenvalue weighted by Gasteiger charge is -2.33. The quantitative estimate of drug-likeness (QED) is 0.811. The Morgan fingerprint density at radius 2 is 2.24 bits per heavy atom. The van der Waals surface area contributed by atoms with E-state index in [1.807, 2.05) is 20.0 Å². The molecule has 2 aromatic rings. The molecule has 1 aliphatic carbocycles. The van der Waals surface area contributed by atoms with Crippen molar-refractivity contribution in [2.45, 2.75) is 44.4 Å². The third-order valence-corrected chi connectivity index (χ3v) is 4.63. The van der Waals surface area contributed by atoms with Crippen LogP contribution in [0.25, 0.3) is 10.9 Å². The highest BCUT2D eigenvalue weighted by atomic mass is 16.1. The van der Waals surface area contributed by atoms with Crippen LogP contribution in [-0.4, -0.2) is 26.8 Å². The van der Waals surface area contributed by atoms with Crippen LogP contribution in [-0.2, 0) is 22.1 Å². The summed E-state index contributed by atoms with van der Waals surface area (Å²) in [5, 5.41) is 5.39. The van der Waals surface area contributed by atoms with Crippen LogP contribution >= 0.6 is 0 Å². The number of hydrogen-bond acceptors (Lipinski definition) is 4. The van der Waals surface area contributed by atoms with E-state index in [1.165, 1.54) is 0 Å². The minimum Gasteiger partial charge on any atom is -0.303 e. The molecule has 0 saturated heterocycles. The molecule has 2 heterocycles. The fourth-order valence-electron chi connectivity index (χ4n) is 3.41. The molecule has 21 heavy (non-hydrogen) atoms. The van der Waals surface area contributed by atoms with E-state index in [0.717, 1.165) is 41.4 Å². The smallest absolute Gasteiger partial charge is 0.145 e. The predicted octanol–water partition coefficient (Wildman–Crippen LogP) is 2.25. The number of aldehydes is 1. The summed E-state index contributed by atoms with van der Waals surface area (Å²) in [5.41, 5.74) is 1.86. The zero-order valence-electron chi connectivity index (χ0n) is 12.4. The number of carbonyl (C=O) groups is 2. The average Bonchev–Trinajstić information content (AvgIpc) is 2.76. The molecule has 1 atom stereocenters. The molecule has 0 amide bonds. The fourth-order valence-corrected chi connectivity index (χ4v) is 3.41. The van der Waals surface area contributed by atoms with Gasteiger partial charge in [0.2, 0.25) is 0 Å². The summed E-state index contributed by atoms with van der Waals surface area (Å²) in [7, 11) is 1.88. The Balaban J connectivity index is 2.17. The van der Waals surface area contributed by atoms with Crippen molar-refractivity contribution in [3.63, 3.8) is 0 Å². The summed E-state index contributed by atoms with van der Waals surface area (Å²) in [6, 6.07) is 1.95. The molecule has 0 N–H and O–H groups in total. The molecule has 5 nitrogen and oxygen atoms in total. The van der Waals surface area contributed by atoms with Gasteiger partial charge in [0.05, 0.1) is 28.5 Å². The van der Waals surface area contributed by atoms with Gasteiger partial charge < -0.3 is 4.79 Å². The second-order valence-electron chi connectivity index (χ2n) is 5.88. The number of nitrogens with zero attached hydrogens (tertiary/aromatic N) is 3. The molecule has 3 rings (SSSR count). The van der Waals surface area contributed by atoms with Gasteiger partial charge in [-0.1, -0.05) is 6.42 Å². The van der Waals surface area contributed by atoms with Gasteiger partial charge in [-0.3, -0.25) is 14.5 Å². The zero-order valence-corrected chi connectivity index (χ0v) is 12.4. The lowest BCUT2D eigenvalue weighted by atomic mass is 9.68. The van der Waals surface area contributed by atoms with E-state index >= 15 is 0 Å². The number of hydrogen-bond donors (Lipinski definition) is 0. The first-order chi connectivity index (χ1) is 10.1. The standard InChI is InChI=1S/C16H19N3O2/c1-11-12-9-14(17-10-13(12)19(2)18-11)16(7-8-20)6-4-3-5-15(16)21/h8-10H,3-7H2,1-2H3. The highest BCUT2D eigenvalue weighted by Crippen LogP contribution is 2.39. The lowest BCUT2D eigenvalue weighted by Crippen LogP contribution is -2.39. The van der Waals surface area contributed by atoms with Gasteiger partial charge in [0.1, 0.15) is 12.1 Å². The normalized spacial score (nSPS) is 22.7. The molecule has 0 bridgehead atoms. The molecular formula is C16H19N3O2. The highest BCUT2D eigenvalue weighted by molar-refractivity contribution is 5.93. The van der Waals surface area contributed by atoms with Crippen molar-refractivity contribution in [1.29, 1.82) is 0 Å². The molecule has 110 valence electrons. The number of aromatic nitrogens is 3. The van der Waals surface area contributed by atoms with Crippen molar-refractivity contribution in [2.24, 2.45) is 7.05 Å². The Morgan fingerprint density at radius 3 is 2.95 bits per heavy atom. The first-order valence-corrected chi connectivity index (χ1v) is 7.35. The molecule has 0 aromatic carbocycles. The Hall–Kier alpha value is -2.04. The maximum Gasteiger partial charge on any atom is 0.145 e. The second-order valence-corrected chi connectivity index (χ2v) is 5.88. The molecule has 1 fully saturated rings. The van der Waals surface area contributed by atoms with E-state index in [1.54, 1.807) is 10.9 Å². The minimum atomic E-state index is -0.726. The van der Waals surface area contributed by atoms with Crippen molar-refractivity contribution < 1.29 is 9.59 Å². The van der Waals surface area contributed by atoms with Crippen molar-refractivity contribution in [3.8, 4) is 0 Å². The molecule has 1 aliphatic rings. The number of pyridine rings is 1. The van der Waals surface area contributed by atoms with Crippen LogP contribution in [0, 0.1) is 6.92 Å². The van der Waals surface area contributed by atoms with E-state index in [-0.39, 0.29) is 12.2 Å². The maximum atomic E-state index is 12.5. The average molecular weight is 285 g/mol. The molecular weight excluding hydrogens is 266 g/mol. The first kappa shape index (κ1) is 13.9. The third-order valence-electron chi connectivity index (χ3n) is 4.63. The summed E-state index contributed by atoms with van der Waals surface area (Å²) in [6.45, 7) is 1.95. The Bertz CT molecular complexity index is 720. The number of fused-ring (bicyclic) bond motifs is 1. The van der Waals surface area contributed by atoms with E-state index in [9.17, 15) is 9.59 Å². The number of rotatable bonds is 3. The van der Waals surface area contributed by atoms with Gasteiger partial charge in [0, 0.05) is 25.3 Å². The monoisotopic (exact) mass is 285 g/mol. The first-order valence-electron chi connectivity index (χ1n) is 7.35. The van der Waals surface area contributed by atoms with Gasteiger partial charge in [-0.15, -0.1) is 0 Å². The highest BCUT2D eigenvalue weighted by Gasteiger charge is 2.42. The summed E-state index contributed by atoms with van der Waals surface area (Å²) >= 11 is 0. The fraction of sp³-hybridized carbons (Fsp3) is 0.500. The van der Waals surface area contributed by atoms with Crippen LogP contribution in [0.15, 0.2) is 12.3 Å². The number of aryl methyl sites for hydroxylation is 2. The van der Waals surface area contributed by atoms with Crippen LogP contribution < -0.4 is 0 Å². The summed E-state index contributed by atoms with van der Waals surface area (Å²) < 4.78 is 1.79. The van der Waals surface area contributed by atoms with Crippen LogP contribution in [0.5, 0.6) is 0 Å². The lowest BCUT2D eigenvalue weighted by molar-refractivity contribution is -0.129. The van der Waals surface area contributed by atoms with Crippen molar-refractivity contribution in [1.82, 2.24) is 14.8 Å². The molecule has 0 radical (unpaired) electrons. The largest absolute Gasteiger partial charge is 0.303 e. The van der Waals surface area contributed by atoms with E-state index in [2.05, 4.69) is 10.1 Å². The van der Waals surface area contributed by atoms with E-state index < -0.39 is 5.41 Å². The number of carbonyl (C=O) groups excluding carboxylic acids is 2. The van der Waals surface area contributed by atoms with Crippen LogP contribution in [0.3, 0.4) is 0 Å². The van der Waals surface area contributed by atoms with Gasteiger partial charge in [0.15, 0.2) is 0 Å². The molecule has 1 unspecified atom stereocenters. The van der Waals surface area contributed by atoms with Crippen LogP contribution in [0.4, 0.5) is 0 Å². The van der Waals surface area contributed by atoms with E-state index in [4.69, 9.17) is 0 Å². The van der Waals surface area contributed by atoms with Crippen molar-refractivity contribution >= 4 is 23.0 Å². The molecule has 1 saturated carbocycles. The van der Waals surface area contributed by atoms with Crippen LogP contribution in [0.2, 0.25) is 0 Å². The summed E-state index contributed by atoms with van der Waals surface area (Å²) in [4.78, 5) is 28.2. The Labute approximate surface area is 123 Å². The minimum absolute atomic E-state index is 0.147.